The van der Waals surface area contributed by atoms with E-state index in [1.165, 1.54) is 24.6 Å². The molecule has 0 N–H and O–H groups in total. The Morgan fingerprint density at radius 3 is 2.00 bits per heavy atom. The summed E-state index contributed by atoms with van der Waals surface area (Å²) in [6.07, 6.45) is -4.32. The van der Waals surface area contributed by atoms with Crippen molar-refractivity contribution in [3.05, 3.63) is 35.3 Å². The van der Waals surface area contributed by atoms with Crippen LogP contribution in [0.3, 0.4) is 0 Å². The van der Waals surface area contributed by atoms with Gasteiger partial charge in [0.05, 0.1) is 5.69 Å². The number of halogens is 3. The van der Waals surface area contributed by atoms with Gasteiger partial charge in [0.15, 0.2) is 5.82 Å². The normalized spacial score (nSPS) is 13.0. The molecule has 2 heterocycles. The van der Waals surface area contributed by atoms with Crippen LogP contribution in [0.4, 0.5) is 13.2 Å². The van der Waals surface area contributed by atoms with E-state index < -0.39 is 11.6 Å². The van der Waals surface area contributed by atoms with E-state index in [0.29, 0.717) is 5.82 Å². The SMILES string of the molecule is Cc1ccc(C)n1-c1cc(C(C)(C)C(F)(F)F)n(C)n1. The Morgan fingerprint density at radius 2 is 1.55 bits per heavy atom. The molecule has 6 heteroatoms. The minimum atomic E-state index is -4.32. The first kappa shape index (κ1) is 14.7. The predicted molar refractivity (Wildman–Crippen MR) is 71.1 cm³/mol. The first-order valence-electron chi connectivity index (χ1n) is 6.32. The molecule has 0 radical (unpaired) electrons. The second-order valence-electron chi connectivity index (χ2n) is 5.59. The molecule has 0 amide bonds. The molecule has 0 unspecified atom stereocenters. The third-order valence-corrected chi connectivity index (χ3v) is 3.72. The van der Waals surface area contributed by atoms with Crippen molar-refractivity contribution in [2.24, 2.45) is 7.05 Å². The second kappa shape index (κ2) is 4.40. The maximum Gasteiger partial charge on any atom is 0.399 e. The van der Waals surface area contributed by atoms with Crippen molar-refractivity contribution in [3.63, 3.8) is 0 Å². The summed E-state index contributed by atoms with van der Waals surface area (Å²) in [4.78, 5) is 0. The number of alkyl halides is 3. The van der Waals surface area contributed by atoms with E-state index in [0.717, 1.165) is 11.4 Å². The Balaban J connectivity index is 2.57. The Morgan fingerprint density at radius 1 is 1.05 bits per heavy atom. The molecule has 2 aromatic rings. The quantitative estimate of drug-likeness (QED) is 0.825. The van der Waals surface area contributed by atoms with E-state index in [9.17, 15) is 13.2 Å². The van der Waals surface area contributed by atoms with E-state index in [2.05, 4.69) is 5.10 Å². The van der Waals surface area contributed by atoms with Gasteiger partial charge >= 0.3 is 6.18 Å². The van der Waals surface area contributed by atoms with E-state index >= 15 is 0 Å². The second-order valence-corrected chi connectivity index (χ2v) is 5.59. The molecular weight excluding hydrogens is 267 g/mol. The van der Waals surface area contributed by atoms with E-state index in [1.807, 2.05) is 30.5 Å². The van der Waals surface area contributed by atoms with Crippen molar-refractivity contribution < 1.29 is 13.2 Å². The lowest BCUT2D eigenvalue weighted by molar-refractivity contribution is -0.182. The molecule has 2 aromatic heterocycles. The molecule has 0 aliphatic carbocycles. The van der Waals surface area contributed by atoms with E-state index in [-0.39, 0.29) is 5.69 Å². The Labute approximate surface area is 116 Å². The molecule has 0 saturated carbocycles. The zero-order valence-corrected chi connectivity index (χ0v) is 12.2. The maximum atomic E-state index is 13.2. The fourth-order valence-corrected chi connectivity index (χ4v) is 2.32. The highest BCUT2D eigenvalue weighted by Crippen LogP contribution is 2.40. The lowest BCUT2D eigenvalue weighted by atomic mass is 9.88. The van der Waals surface area contributed by atoms with Gasteiger partial charge in [-0.25, -0.2) is 0 Å². The van der Waals surface area contributed by atoms with Gasteiger partial charge in [0, 0.05) is 24.5 Å². The minimum absolute atomic E-state index is 0.146. The van der Waals surface area contributed by atoms with Crippen LogP contribution in [0.5, 0.6) is 0 Å². The van der Waals surface area contributed by atoms with Gasteiger partial charge in [-0.2, -0.15) is 18.3 Å². The van der Waals surface area contributed by atoms with Crippen molar-refractivity contribution in [2.75, 3.05) is 0 Å². The largest absolute Gasteiger partial charge is 0.399 e. The van der Waals surface area contributed by atoms with Crippen molar-refractivity contribution in [1.29, 1.82) is 0 Å². The highest BCUT2D eigenvalue weighted by Gasteiger charge is 2.50. The highest BCUT2D eigenvalue weighted by atomic mass is 19.4. The van der Waals surface area contributed by atoms with Crippen LogP contribution in [0.2, 0.25) is 0 Å². The third-order valence-electron chi connectivity index (χ3n) is 3.72. The lowest BCUT2D eigenvalue weighted by Crippen LogP contribution is -2.38. The van der Waals surface area contributed by atoms with Crippen LogP contribution in [0.25, 0.3) is 5.82 Å². The summed E-state index contributed by atoms with van der Waals surface area (Å²) in [5.74, 6) is 0.514. The molecule has 0 aliphatic heterocycles. The molecule has 20 heavy (non-hydrogen) atoms. The first-order chi connectivity index (χ1) is 9.05. The molecule has 0 spiro atoms. The van der Waals surface area contributed by atoms with Crippen LogP contribution in [0.15, 0.2) is 18.2 Å². The molecule has 0 aromatic carbocycles. The summed E-state index contributed by atoms with van der Waals surface area (Å²) in [6, 6.07) is 5.34. The molecule has 2 rings (SSSR count). The van der Waals surface area contributed by atoms with Gasteiger partial charge in [-0.05, 0) is 39.8 Å². The van der Waals surface area contributed by atoms with Gasteiger partial charge in [-0.15, -0.1) is 0 Å². The fraction of sp³-hybridized carbons (Fsp3) is 0.500. The molecule has 0 fully saturated rings. The standard InChI is InChI=1S/C14H18F3N3/c1-9-6-7-10(2)20(9)12-8-11(19(5)18-12)13(3,4)14(15,16)17/h6-8H,1-5H3. The molecule has 0 aliphatic rings. The summed E-state index contributed by atoms with van der Waals surface area (Å²) in [7, 11) is 1.54. The summed E-state index contributed by atoms with van der Waals surface area (Å²) < 4.78 is 42.6. The zero-order valence-electron chi connectivity index (χ0n) is 12.2. The highest BCUT2D eigenvalue weighted by molar-refractivity contribution is 5.35. The van der Waals surface area contributed by atoms with Gasteiger partial charge in [-0.1, -0.05) is 0 Å². The van der Waals surface area contributed by atoms with E-state index in [4.69, 9.17) is 0 Å². The summed E-state index contributed by atoms with van der Waals surface area (Å²) in [5.41, 5.74) is 0.0866. The van der Waals surface area contributed by atoms with Gasteiger partial charge in [0.25, 0.3) is 0 Å². The van der Waals surface area contributed by atoms with Crippen LogP contribution in [-0.2, 0) is 12.5 Å². The number of aromatic nitrogens is 3. The molecule has 110 valence electrons. The lowest BCUT2D eigenvalue weighted by Gasteiger charge is -2.27. The first-order valence-corrected chi connectivity index (χ1v) is 6.32. The predicted octanol–water partition coefficient (Wildman–Crippen LogP) is 3.67. The van der Waals surface area contributed by atoms with Crippen LogP contribution in [0, 0.1) is 13.8 Å². The minimum Gasteiger partial charge on any atom is -0.302 e. The Kier molecular flexibility index (Phi) is 3.23. The number of nitrogens with zero attached hydrogens (tertiary/aromatic N) is 3. The number of hydrogen-bond acceptors (Lipinski definition) is 1. The fourth-order valence-electron chi connectivity index (χ4n) is 2.32. The van der Waals surface area contributed by atoms with E-state index in [1.54, 1.807) is 7.05 Å². The molecule has 3 nitrogen and oxygen atoms in total. The number of hydrogen-bond donors (Lipinski definition) is 0. The average molecular weight is 285 g/mol. The molecule has 0 saturated heterocycles. The molecule has 0 bridgehead atoms. The monoisotopic (exact) mass is 285 g/mol. The van der Waals surface area contributed by atoms with Crippen molar-refractivity contribution >= 4 is 0 Å². The van der Waals surface area contributed by atoms with Gasteiger partial charge in [0.2, 0.25) is 0 Å². The summed E-state index contributed by atoms with van der Waals surface area (Å²) >= 11 is 0. The topological polar surface area (TPSA) is 22.8 Å². The summed E-state index contributed by atoms with van der Waals surface area (Å²) in [6.45, 7) is 6.14. The van der Waals surface area contributed by atoms with Gasteiger partial charge in [-0.3, -0.25) is 4.68 Å². The van der Waals surface area contributed by atoms with Crippen molar-refractivity contribution in [2.45, 2.75) is 39.3 Å². The number of rotatable bonds is 2. The third kappa shape index (κ3) is 2.13. The Bertz CT molecular complexity index is 613. The van der Waals surface area contributed by atoms with Gasteiger partial charge < -0.3 is 4.57 Å². The van der Waals surface area contributed by atoms with Crippen LogP contribution < -0.4 is 0 Å². The average Bonchev–Trinajstić information content (AvgIpc) is 2.81. The smallest absolute Gasteiger partial charge is 0.302 e. The molecular formula is C14H18F3N3. The Hall–Kier alpha value is -1.72. The van der Waals surface area contributed by atoms with Crippen molar-refractivity contribution in [1.82, 2.24) is 14.3 Å². The van der Waals surface area contributed by atoms with Gasteiger partial charge in [0.1, 0.15) is 5.41 Å². The zero-order chi connectivity index (χ0) is 15.3. The summed E-state index contributed by atoms with van der Waals surface area (Å²) in [5, 5.41) is 4.23. The van der Waals surface area contributed by atoms with Crippen LogP contribution in [-0.4, -0.2) is 20.5 Å². The number of aryl methyl sites for hydroxylation is 3. The maximum absolute atomic E-state index is 13.2. The van der Waals surface area contributed by atoms with Crippen LogP contribution in [0.1, 0.15) is 30.9 Å². The van der Waals surface area contributed by atoms with Crippen LogP contribution >= 0.6 is 0 Å². The van der Waals surface area contributed by atoms with Crippen molar-refractivity contribution in [3.8, 4) is 5.82 Å². The molecule has 0 atom stereocenters.